The van der Waals surface area contributed by atoms with Gasteiger partial charge < -0.3 is 10.6 Å². The third-order valence-corrected chi connectivity index (χ3v) is 4.81. The number of hydrogen-bond acceptors (Lipinski definition) is 2. The van der Waals surface area contributed by atoms with Crippen molar-refractivity contribution in [3.63, 3.8) is 0 Å². The molecule has 2 aromatic carbocycles. The quantitative estimate of drug-likeness (QED) is 0.889. The second-order valence-corrected chi connectivity index (χ2v) is 6.30. The van der Waals surface area contributed by atoms with Gasteiger partial charge in [0.2, 0.25) is 5.91 Å². The highest BCUT2D eigenvalue weighted by atomic mass is 35.5. The average Bonchev–Trinajstić information content (AvgIpc) is 3.37. The van der Waals surface area contributed by atoms with Gasteiger partial charge in [-0.1, -0.05) is 30.3 Å². The Labute approximate surface area is 142 Å². The summed E-state index contributed by atoms with van der Waals surface area (Å²) >= 11 is 0. The molecule has 0 aromatic heterocycles. The van der Waals surface area contributed by atoms with E-state index in [2.05, 4.69) is 34.9 Å². The van der Waals surface area contributed by atoms with Gasteiger partial charge in [-0.15, -0.1) is 12.4 Å². The number of fused-ring (bicyclic) bond motifs is 1. The molecule has 1 amide bonds. The average molecular weight is 329 g/mol. The van der Waals surface area contributed by atoms with Crippen LogP contribution in [0.3, 0.4) is 0 Å². The molecular formula is C19H21ClN2O. The Hall–Kier alpha value is -2.00. The minimum atomic E-state index is -0.310. The van der Waals surface area contributed by atoms with Crippen molar-refractivity contribution in [1.29, 1.82) is 0 Å². The zero-order chi connectivity index (χ0) is 15.0. The van der Waals surface area contributed by atoms with Crippen LogP contribution < -0.4 is 10.6 Å². The molecule has 3 nitrogen and oxygen atoms in total. The van der Waals surface area contributed by atoms with Crippen LogP contribution in [0, 0.1) is 0 Å². The Balaban J connectivity index is 0.00000156. The second kappa shape index (κ2) is 6.25. The maximum atomic E-state index is 12.7. The van der Waals surface area contributed by atoms with E-state index in [1.807, 2.05) is 24.3 Å². The molecule has 0 saturated heterocycles. The molecule has 2 aromatic rings. The molecule has 2 aliphatic rings. The minimum absolute atomic E-state index is 0. The summed E-state index contributed by atoms with van der Waals surface area (Å²) in [6.45, 7) is 1.04. The number of anilines is 2. The number of halogens is 1. The minimum Gasteiger partial charge on any atom is -0.385 e. The van der Waals surface area contributed by atoms with Crippen LogP contribution in [0.4, 0.5) is 11.4 Å². The molecule has 4 rings (SSSR count). The van der Waals surface area contributed by atoms with E-state index in [1.165, 1.54) is 11.3 Å². The summed E-state index contributed by atoms with van der Waals surface area (Å²) in [5, 5.41) is 6.53. The summed E-state index contributed by atoms with van der Waals surface area (Å²) in [6, 6.07) is 16.3. The number of carbonyl (C=O) groups is 1. The van der Waals surface area contributed by atoms with Crippen molar-refractivity contribution in [3.8, 4) is 0 Å². The summed E-state index contributed by atoms with van der Waals surface area (Å²) in [5.41, 5.74) is 4.24. The summed E-state index contributed by atoms with van der Waals surface area (Å²) in [5.74, 6) is 0.127. The molecule has 1 aliphatic carbocycles. The topological polar surface area (TPSA) is 41.1 Å². The monoisotopic (exact) mass is 328 g/mol. The standard InChI is InChI=1S/C19H20N2O.ClH/c22-18(19(10-11-19)15-6-2-1-3-7-15)21-16-8-9-17-14(13-16)5-4-12-20-17;/h1-3,6-9,13,20H,4-5,10-12H2,(H,21,22);1H. The number of aryl methyl sites for hydroxylation is 1. The van der Waals surface area contributed by atoms with E-state index in [4.69, 9.17) is 0 Å². The maximum Gasteiger partial charge on any atom is 0.235 e. The third-order valence-electron chi connectivity index (χ3n) is 4.81. The van der Waals surface area contributed by atoms with Crippen LogP contribution in [0.15, 0.2) is 48.5 Å². The van der Waals surface area contributed by atoms with Crippen LogP contribution in [0.1, 0.15) is 30.4 Å². The summed E-state index contributed by atoms with van der Waals surface area (Å²) in [4.78, 5) is 12.7. The lowest BCUT2D eigenvalue weighted by Crippen LogP contribution is -2.27. The number of amides is 1. The van der Waals surface area contributed by atoms with Gasteiger partial charge in [0.1, 0.15) is 0 Å². The third kappa shape index (κ3) is 2.93. The molecule has 1 fully saturated rings. The fourth-order valence-electron chi connectivity index (χ4n) is 3.33. The highest BCUT2D eigenvalue weighted by Crippen LogP contribution is 2.49. The van der Waals surface area contributed by atoms with E-state index < -0.39 is 0 Å². The molecular weight excluding hydrogens is 308 g/mol. The van der Waals surface area contributed by atoms with E-state index >= 15 is 0 Å². The van der Waals surface area contributed by atoms with Crippen LogP contribution in [0.25, 0.3) is 0 Å². The molecule has 0 atom stereocenters. The van der Waals surface area contributed by atoms with Crippen LogP contribution in [0.2, 0.25) is 0 Å². The first-order valence-corrected chi connectivity index (χ1v) is 8.02. The van der Waals surface area contributed by atoms with Crippen molar-refractivity contribution in [1.82, 2.24) is 0 Å². The van der Waals surface area contributed by atoms with Crippen molar-refractivity contribution < 1.29 is 4.79 Å². The maximum absolute atomic E-state index is 12.7. The van der Waals surface area contributed by atoms with Gasteiger partial charge in [-0.3, -0.25) is 4.79 Å². The largest absolute Gasteiger partial charge is 0.385 e. The first-order valence-electron chi connectivity index (χ1n) is 8.02. The lowest BCUT2D eigenvalue weighted by atomic mass is 9.95. The van der Waals surface area contributed by atoms with Crippen molar-refractivity contribution in [3.05, 3.63) is 59.7 Å². The number of benzene rings is 2. The van der Waals surface area contributed by atoms with E-state index in [9.17, 15) is 4.79 Å². The SMILES string of the molecule is Cl.O=C(Nc1ccc2c(c1)CCCN2)C1(c2ccccc2)CC1. The number of hydrogen-bond donors (Lipinski definition) is 2. The summed E-state index contributed by atoms with van der Waals surface area (Å²) in [7, 11) is 0. The second-order valence-electron chi connectivity index (χ2n) is 6.30. The molecule has 0 bridgehead atoms. The highest BCUT2D eigenvalue weighted by molar-refractivity contribution is 6.01. The van der Waals surface area contributed by atoms with Crippen LogP contribution in [-0.2, 0) is 16.6 Å². The molecule has 23 heavy (non-hydrogen) atoms. The molecule has 2 N–H and O–H groups in total. The Morgan fingerprint density at radius 1 is 1.09 bits per heavy atom. The zero-order valence-electron chi connectivity index (χ0n) is 13.0. The van der Waals surface area contributed by atoms with Crippen molar-refractivity contribution in [2.24, 2.45) is 0 Å². The van der Waals surface area contributed by atoms with Gasteiger partial charge in [0.15, 0.2) is 0 Å². The Bertz CT molecular complexity index is 711. The molecule has 1 saturated carbocycles. The molecule has 1 heterocycles. The van der Waals surface area contributed by atoms with E-state index in [-0.39, 0.29) is 23.7 Å². The Morgan fingerprint density at radius 2 is 1.87 bits per heavy atom. The first kappa shape index (κ1) is 15.9. The van der Waals surface area contributed by atoms with Crippen LogP contribution in [0.5, 0.6) is 0 Å². The predicted octanol–water partition coefficient (Wildman–Crippen LogP) is 4.14. The van der Waals surface area contributed by atoms with Gasteiger partial charge >= 0.3 is 0 Å². The van der Waals surface area contributed by atoms with Crippen LogP contribution in [-0.4, -0.2) is 12.5 Å². The lowest BCUT2D eigenvalue weighted by Gasteiger charge is -2.20. The van der Waals surface area contributed by atoms with Gasteiger partial charge in [0.05, 0.1) is 5.41 Å². The van der Waals surface area contributed by atoms with Crippen molar-refractivity contribution in [2.75, 3.05) is 17.2 Å². The molecule has 4 heteroatoms. The lowest BCUT2D eigenvalue weighted by molar-refractivity contribution is -0.118. The molecule has 0 radical (unpaired) electrons. The Morgan fingerprint density at radius 3 is 2.61 bits per heavy atom. The van der Waals surface area contributed by atoms with Gasteiger partial charge in [0, 0.05) is 17.9 Å². The van der Waals surface area contributed by atoms with Crippen molar-refractivity contribution in [2.45, 2.75) is 31.1 Å². The number of carbonyl (C=O) groups excluding carboxylic acids is 1. The number of rotatable bonds is 3. The van der Waals surface area contributed by atoms with E-state index in [0.717, 1.165) is 43.5 Å². The van der Waals surface area contributed by atoms with Gasteiger partial charge in [-0.25, -0.2) is 0 Å². The van der Waals surface area contributed by atoms with Crippen molar-refractivity contribution >= 4 is 29.7 Å². The number of nitrogens with one attached hydrogen (secondary N) is 2. The molecule has 120 valence electrons. The molecule has 0 unspecified atom stereocenters. The predicted molar refractivity (Wildman–Crippen MR) is 96.5 cm³/mol. The fraction of sp³-hybridized carbons (Fsp3) is 0.316. The molecule has 0 spiro atoms. The fourth-order valence-corrected chi connectivity index (χ4v) is 3.33. The van der Waals surface area contributed by atoms with Gasteiger partial charge in [-0.05, 0) is 55.0 Å². The van der Waals surface area contributed by atoms with Gasteiger partial charge in [0.25, 0.3) is 0 Å². The van der Waals surface area contributed by atoms with E-state index in [0.29, 0.717) is 0 Å². The smallest absolute Gasteiger partial charge is 0.235 e. The van der Waals surface area contributed by atoms with E-state index in [1.54, 1.807) is 0 Å². The van der Waals surface area contributed by atoms with Gasteiger partial charge in [-0.2, -0.15) is 0 Å². The van der Waals surface area contributed by atoms with Crippen LogP contribution >= 0.6 is 12.4 Å². The first-order chi connectivity index (χ1) is 10.8. The Kier molecular flexibility index (Phi) is 4.31. The summed E-state index contributed by atoms with van der Waals surface area (Å²) in [6.07, 6.45) is 4.11. The normalized spacial score (nSPS) is 17.2. The molecule has 1 aliphatic heterocycles. The summed E-state index contributed by atoms with van der Waals surface area (Å²) < 4.78 is 0. The zero-order valence-corrected chi connectivity index (χ0v) is 13.8. The highest BCUT2D eigenvalue weighted by Gasteiger charge is 2.51.